The normalized spacial score (nSPS) is 11.7. The Morgan fingerprint density at radius 1 is 1.08 bits per heavy atom. The number of aryl methyl sites for hydroxylation is 1. The zero-order chi connectivity index (χ0) is 9.90. The highest BCUT2D eigenvalue weighted by Crippen LogP contribution is 2.21. The molecule has 72 valence electrons. The first kappa shape index (κ1) is 11.0. The second kappa shape index (κ2) is 4.45. The summed E-state index contributed by atoms with van der Waals surface area (Å²) in [6, 6.07) is 8.82. The number of hydrogen-bond acceptors (Lipinski definition) is 0. The molecule has 0 atom stereocenters. The lowest BCUT2D eigenvalue weighted by atomic mass is 9.89. The maximum Gasteiger partial charge on any atom is 0.0130 e. The molecule has 0 spiro atoms. The van der Waals surface area contributed by atoms with E-state index in [1.165, 1.54) is 22.0 Å². The van der Waals surface area contributed by atoms with Crippen LogP contribution in [0.4, 0.5) is 0 Å². The summed E-state index contributed by atoms with van der Waals surface area (Å²) in [7, 11) is 0. The summed E-state index contributed by atoms with van der Waals surface area (Å²) in [6.45, 7) is 6.87. The lowest BCUT2D eigenvalue weighted by Gasteiger charge is -2.17. The molecule has 0 N–H and O–H groups in total. The molecule has 0 fully saturated rings. The molecule has 0 aliphatic rings. The van der Waals surface area contributed by atoms with E-state index < -0.39 is 0 Å². The number of rotatable bonds is 2. The SMILES string of the molecule is CC(C)(C)CCc1ccc(I)cc1. The molecular weight excluding hydrogens is 271 g/mol. The van der Waals surface area contributed by atoms with Crippen LogP contribution in [0.25, 0.3) is 0 Å². The highest BCUT2D eigenvalue weighted by molar-refractivity contribution is 14.1. The molecule has 0 aromatic heterocycles. The summed E-state index contributed by atoms with van der Waals surface area (Å²) in [6.07, 6.45) is 2.45. The van der Waals surface area contributed by atoms with Crippen LogP contribution in [0.15, 0.2) is 24.3 Å². The molecule has 1 aromatic rings. The minimum Gasteiger partial charge on any atom is -0.0602 e. The van der Waals surface area contributed by atoms with E-state index in [1.54, 1.807) is 0 Å². The van der Waals surface area contributed by atoms with Gasteiger partial charge in [-0.15, -0.1) is 0 Å². The molecule has 1 heteroatoms. The van der Waals surface area contributed by atoms with Gasteiger partial charge in [0.1, 0.15) is 0 Å². The molecule has 1 rings (SSSR count). The Hall–Kier alpha value is -0.0500. The van der Waals surface area contributed by atoms with Crippen LogP contribution < -0.4 is 0 Å². The molecule has 0 radical (unpaired) electrons. The summed E-state index contributed by atoms with van der Waals surface area (Å²) in [5, 5.41) is 0. The van der Waals surface area contributed by atoms with Gasteiger partial charge in [0.2, 0.25) is 0 Å². The van der Waals surface area contributed by atoms with Crippen molar-refractivity contribution in [2.45, 2.75) is 33.6 Å². The molecule has 0 bridgehead atoms. The summed E-state index contributed by atoms with van der Waals surface area (Å²) < 4.78 is 1.32. The van der Waals surface area contributed by atoms with Crippen LogP contribution in [0.2, 0.25) is 0 Å². The molecule has 0 saturated heterocycles. The van der Waals surface area contributed by atoms with Crippen LogP contribution in [0.5, 0.6) is 0 Å². The van der Waals surface area contributed by atoms with Crippen LogP contribution in [0, 0.1) is 8.99 Å². The van der Waals surface area contributed by atoms with E-state index in [0.29, 0.717) is 5.41 Å². The van der Waals surface area contributed by atoms with Crippen molar-refractivity contribution < 1.29 is 0 Å². The Balaban J connectivity index is 2.51. The van der Waals surface area contributed by atoms with E-state index in [4.69, 9.17) is 0 Å². The topological polar surface area (TPSA) is 0 Å². The van der Waals surface area contributed by atoms with Crippen molar-refractivity contribution >= 4 is 22.6 Å². The fraction of sp³-hybridized carbons (Fsp3) is 0.500. The fourth-order valence-corrected chi connectivity index (χ4v) is 1.53. The van der Waals surface area contributed by atoms with E-state index >= 15 is 0 Å². The molecule has 0 unspecified atom stereocenters. The summed E-state index contributed by atoms with van der Waals surface area (Å²) >= 11 is 2.34. The third-order valence-electron chi connectivity index (χ3n) is 2.08. The van der Waals surface area contributed by atoms with Crippen molar-refractivity contribution in [3.8, 4) is 0 Å². The molecule has 0 aliphatic heterocycles. The van der Waals surface area contributed by atoms with Gasteiger partial charge < -0.3 is 0 Å². The van der Waals surface area contributed by atoms with Crippen LogP contribution in [-0.2, 0) is 6.42 Å². The largest absolute Gasteiger partial charge is 0.0602 e. The lowest BCUT2D eigenvalue weighted by molar-refractivity contribution is 0.378. The number of halogens is 1. The lowest BCUT2D eigenvalue weighted by Crippen LogP contribution is -2.06. The average Bonchev–Trinajstić information content (AvgIpc) is 2.02. The predicted molar refractivity (Wildman–Crippen MR) is 66.9 cm³/mol. The van der Waals surface area contributed by atoms with E-state index in [1.807, 2.05) is 0 Å². The van der Waals surface area contributed by atoms with Gasteiger partial charge in [-0.3, -0.25) is 0 Å². The van der Waals surface area contributed by atoms with Crippen molar-refractivity contribution in [3.05, 3.63) is 33.4 Å². The van der Waals surface area contributed by atoms with Crippen molar-refractivity contribution in [1.82, 2.24) is 0 Å². The summed E-state index contributed by atoms with van der Waals surface area (Å²) in [5.74, 6) is 0. The molecule has 0 saturated carbocycles. The molecule has 1 aromatic carbocycles. The Morgan fingerprint density at radius 2 is 1.62 bits per heavy atom. The number of benzene rings is 1. The maximum absolute atomic E-state index is 2.34. The molecule has 0 aliphatic carbocycles. The number of hydrogen-bond donors (Lipinski definition) is 0. The first-order valence-electron chi connectivity index (χ1n) is 4.72. The second-order valence-corrected chi connectivity index (χ2v) is 5.93. The fourth-order valence-electron chi connectivity index (χ4n) is 1.17. The molecule has 0 amide bonds. The van der Waals surface area contributed by atoms with Gasteiger partial charge in [-0.2, -0.15) is 0 Å². The van der Waals surface area contributed by atoms with Gasteiger partial charge in [0, 0.05) is 3.57 Å². The minimum absolute atomic E-state index is 0.447. The standard InChI is InChI=1S/C12H17I/c1-12(2,3)9-8-10-4-6-11(13)7-5-10/h4-7H,8-9H2,1-3H3. The Morgan fingerprint density at radius 3 is 2.08 bits per heavy atom. The highest BCUT2D eigenvalue weighted by Gasteiger charge is 2.09. The Kier molecular flexibility index (Phi) is 3.77. The van der Waals surface area contributed by atoms with Gasteiger partial charge in [-0.05, 0) is 58.5 Å². The van der Waals surface area contributed by atoms with E-state index in [2.05, 4.69) is 67.6 Å². The van der Waals surface area contributed by atoms with Crippen LogP contribution in [0.3, 0.4) is 0 Å². The maximum atomic E-state index is 2.34. The first-order chi connectivity index (χ1) is 5.97. The van der Waals surface area contributed by atoms with Gasteiger partial charge >= 0.3 is 0 Å². The monoisotopic (exact) mass is 288 g/mol. The molecule has 0 heterocycles. The van der Waals surface area contributed by atoms with Crippen LogP contribution in [0.1, 0.15) is 32.8 Å². The third kappa shape index (κ3) is 4.65. The quantitative estimate of drug-likeness (QED) is 0.713. The molecule has 13 heavy (non-hydrogen) atoms. The summed E-state index contributed by atoms with van der Waals surface area (Å²) in [5.41, 5.74) is 1.90. The van der Waals surface area contributed by atoms with Crippen LogP contribution >= 0.6 is 22.6 Å². The van der Waals surface area contributed by atoms with Crippen LogP contribution in [-0.4, -0.2) is 0 Å². The zero-order valence-electron chi connectivity index (χ0n) is 8.60. The first-order valence-corrected chi connectivity index (χ1v) is 5.80. The van der Waals surface area contributed by atoms with E-state index in [0.717, 1.165) is 0 Å². The van der Waals surface area contributed by atoms with Crippen molar-refractivity contribution in [3.63, 3.8) is 0 Å². The Labute approximate surface area is 94.9 Å². The third-order valence-corrected chi connectivity index (χ3v) is 2.80. The van der Waals surface area contributed by atoms with Gasteiger partial charge in [-0.25, -0.2) is 0 Å². The van der Waals surface area contributed by atoms with Gasteiger partial charge in [-0.1, -0.05) is 32.9 Å². The van der Waals surface area contributed by atoms with Gasteiger partial charge in [0.05, 0.1) is 0 Å². The highest BCUT2D eigenvalue weighted by atomic mass is 127. The van der Waals surface area contributed by atoms with Gasteiger partial charge in [0.25, 0.3) is 0 Å². The predicted octanol–water partition coefficient (Wildman–Crippen LogP) is 4.27. The smallest absolute Gasteiger partial charge is 0.0130 e. The van der Waals surface area contributed by atoms with Crippen molar-refractivity contribution in [1.29, 1.82) is 0 Å². The van der Waals surface area contributed by atoms with Gasteiger partial charge in [0.15, 0.2) is 0 Å². The molecule has 0 nitrogen and oxygen atoms in total. The average molecular weight is 288 g/mol. The van der Waals surface area contributed by atoms with Crippen molar-refractivity contribution in [2.75, 3.05) is 0 Å². The zero-order valence-corrected chi connectivity index (χ0v) is 10.8. The Bertz CT molecular complexity index is 253. The molecular formula is C12H17I. The second-order valence-electron chi connectivity index (χ2n) is 4.69. The van der Waals surface area contributed by atoms with E-state index in [-0.39, 0.29) is 0 Å². The van der Waals surface area contributed by atoms with E-state index in [9.17, 15) is 0 Å². The van der Waals surface area contributed by atoms with Crippen molar-refractivity contribution in [2.24, 2.45) is 5.41 Å². The minimum atomic E-state index is 0.447. The summed E-state index contributed by atoms with van der Waals surface area (Å²) in [4.78, 5) is 0.